The molecule has 1 N–H and O–H groups in total. The molecule has 0 bridgehead atoms. The number of carbonyl (C=O) groups excluding carboxylic acids is 2. The van der Waals surface area contributed by atoms with Gasteiger partial charge < -0.3 is 9.88 Å². The number of halogens is 1. The normalized spacial score (nSPS) is 10.6. The second kappa shape index (κ2) is 6.91. The summed E-state index contributed by atoms with van der Waals surface area (Å²) in [4.78, 5) is 35.5. The number of ketones is 1. The van der Waals surface area contributed by atoms with Crippen molar-refractivity contribution in [2.45, 2.75) is 13.5 Å². The second-order valence-corrected chi connectivity index (χ2v) is 6.09. The van der Waals surface area contributed by atoms with Gasteiger partial charge in [-0.15, -0.1) is 0 Å². The maximum absolute atomic E-state index is 12.3. The van der Waals surface area contributed by atoms with E-state index in [0.29, 0.717) is 27.2 Å². The molecule has 3 aromatic rings. The molecule has 0 atom stereocenters. The number of carbonyl (C=O) groups is 2. The third-order valence-corrected chi connectivity index (χ3v) is 4.06. The summed E-state index contributed by atoms with van der Waals surface area (Å²) in [5, 5.41) is 3.71. The van der Waals surface area contributed by atoms with Crippen LogP contribution < -0.4 is 10.7 Å². The van der Waals surface area contributed by atoms with Crippen LogP contribution in [0.5, 0.6) is 0 Å². The van der Waals surface area contributed by atoms with Crippen molar-refractivity contribution in [2.24, 2.45) is 0 Å². The summed E-state index contributed by atoms with van der Waals surface area (Å²) >= 11 is 5.94. The topological polar surface area (TPSA) is 68.2 Å². The molecule has 0 aliphatic carbocycles. The molecule has 6 heteroatoms. The molecule has 1 heterocycles. The molecule has 0 spiro atoms. The number of amides is 1. The Bertz CT molecular complexity index is 1020. The zero-order chi connectivity index (χ0) is 18.0. The first kappa shape index (κ1) is 16.9. The molecule has 5 nitrogen and oxygen atoms in total. The van der Waals surface area contributed by atoms with Crippen molar-refractivity contribution in [3.63, 3.8) is 0 Å². The number of aromatic nitrogens is 1. The number of benzene rings is 2. The molecule has 0 radical (unpaired) electrons. The van der Waals surface area contributed by atoms with Gasteiger partial charge in [0.15, 0.2) is 11.2 Å². The Balaban J connectivity index is 1.81. The Kier molecular flexibility index (Phi) is 4.67. The number of anilines is 1. The standard InChI is InChI=1S/C19H15ClN2O3/c1-12(23)13-2-5-15(6-3-13)21-19(25)11-22-9-8-18(24)16-10-14(20)4-7-17(16)22/h2-10H,11H2,1H3,(H,21,25). The Morgan fingerprint density at radius 3 is 2.48 bits per heavy atom. The van der Waals surface area contributed by atoms with Crippen LogP contribution in [0, 0.1) is 0 Å². The first-order valence-electron chi connectivity index (χ1n) is 7.63. The summed E-state index contributed by atoms with van der Waals surface area (Å²) in [6.07, 6.45) is 1.58. The van der Waals surface area contributed by atoms with E-state index in [1.165, 1.54) is 13.0 Å². The third-order valence-electron chi connectivity index (χ3n) is 3.83. The van der Waals surface area contributed by atoms with Crippen LogP contribution in [0.15, 0.2) is 59.5 Å². The zero-order valence-electron chi connectivity index (χ0n) is 13.5. The molecule has 126 valence electrons. The number of hydrogen-bond acceptors (Lipinski definition) is 3. The highest BCUT2D eigenvalue weighted by molar-refractivity contribution is 6.31. The lowest BCUT2D eigenvalue weighted by molar-refractivity contribution is -0.116. The van der Waals surface area contributed by atoms with Crippen LogP contribution in [-0.4, -0.2) is 16.3 Å². The predicted octanol–water partition coefficient (Wildman–Crippen LogP) is 3.50. The van der Waals surface area contributed by atoms with Crippen molar-refractivity contribution in [3.8, 4) is 0 Å². The van der Waals surface area contributed by atoms with Crippen LogP contribution in [0.4, 0.5) is 5.69 Å². The maximum atomic E-state index is 12.3. The Hall–Kier alpha value is -2.92. The van der Waals surface area contributed by atoms with Gasteiger partial charge in [0.25, 0.3) is 0 Å². The van der Waals surface area contributed by atoms with Gasteiger partial charge in [0.05, 0.1) is 5.52 Å². The molecule has 0 unspecified atom stereocenters. The van der Waals surface area contributed by atoms with Gasteiger partial charge in [-0.25, -0.2) is 0 Å². The molecular weight excluding hydrogens is 340 g/mol. The number of fused-ring (bicyclic) bond motifs is 1. The second-order valence-electron chi connectivity index (χ2n) is 5.65. The smallest absolute Gasteiger partial charge is 0.244 e. The van der Waals surface area contributed by atoms with E-state index in [2.05, 4.69) is 5.32 Å². The van der Waals surface area contributed by atoms with Gasteiger partial charge in [0.2, 0.25) is 5.91 Å². The largest absolute Gasteiger partial charge is 0.338 e. The molecule has 1 aromatic heterocycles. The van der Waals surface area contributed by atoms with E-state index in [-0.39, 0.29) is 23.7 Å². The van der Waals surface area contributed by atoms with Crippen molar-refractivity contribution < 1.29 is 9.59 Å². The highest BCUT2D eigenvalue weighted by atomic mass is 35.5. The summed E-state index contributed by atoms with van der Waals surface area (Å²) in [5.74, 6) is -0.272. The summed E-state index contributed by atoms with van der Waals surface area (Å²) in [7, 11) is 0. The Labute approximate surface area is 148 Å². The minimum Gasteiger partial charge on any atom is -0.338 e. The number of pyridine rings is 1. The number of nitrogens with one attached hydrogen (secondary N) is 1. The van der Waals surface area contributed by atoms with E-state index >= 15 is 0 Å². The van der Waals surface area contributed by atoms with Gasteiger partial charge >= 0.3 is 0 Å². The number of hydrogen-bond donors (Lipinski definition) is 1. The SMILES string of the molecule is CC(=O)c1ccc(NC(=O)Cn2ccc(=O)c3cc(Cl)ccc32)cc1. The highest BCUT2D eigenvalue weighted by Gasteiger charge is 2.08. The molecule has 0 saturated heterocycles. The highest BCUT2D eigenvalue weighted by Crippen LogP contribution is 2.17. The number of rotatable bonds is 4. The Morgan fingerprint density at radius 2 is 1.80 bits per heavy atom. The molecule has 1 amide bonds. The van der Waals surface area contributed by atoms with E-state index in [4.69, 9.17) is 11.6 Å². The molecular formula is C19H15ClN2O3. The Morgan fingerprint density at radius 1 is 1.08 bits per heavy atom. The summed E-state index contributed by atoms with van der Waals surface area (Å²) in [5.41, 5.74) is 1.68. The average Bonchev–Trinajstić information content (AvgIpc) is 2.58. The first-order chi connectivity index (χ1) is 11.9. The first-order valence-corrected chi connectivity index (χ1v) is 8.01. The minimum absolute atomic E-state index is 0.0312. The van der Waals surface area contributed by atoms with E-state index in [1.54, 1.807) is 53.2 Å². The third kappa shape index (κ3) is 3.78. The number of Topliss-reactive ketones (excluding diaryl/α,β-unsaturated/α-hetero) is 1. The lowest BCUT2D eigenvalue weighted by Crippen LogP contribution is -2.20. The van der Waals surface area contributed by atoms with E-state index in [1.807, 2.05) is 0 Å². The van der Waals surface area contributed by atoms with Gasteiger partial charge in [0.1, 0.15) is 6.54 Å². The van der Waals surface area contributed by atoms with Gasteiger partial charge in [0, 0.05) is 33.9 Å². The van der Waals surface area contributed by atoms with Gasteiger partial charge in [-0.1, -0.05) is 11.6 Å². The lowest BCUT2D eigenvalue weighted by atomic mass is 10.1. The fraction of sp³-hybridized carbons (Fsp3) is 0.105. The van der Waals surface area contributed by atoms with E-state index in [9.17, 15) is 14.4 Å². The molecule has 0 fully saturated rings. The average molecular weight is 355 g/mol. The molecule has 2 aromatic carbocycles. The van der Waals surface area contributed by atoms with Crippen LogP contribution in [0.25, 0.3) is 10.9 Å². The maximum Gasteiger partial charge on any atom is 0.244 e. The molecule has 25 heavy (non-hydrogen) atoms. The summed E-state index contributed by atoms with van der Waals surface area (Å²) < 4.78 is 1.69. The van der Waals surface area contributed by atoms with Crippen LogP contribution in [-0.2, 0) is 11.3 Å². The van der Waals surface area contributed by atoms with E-state index < -0.39 is 0 Å². The van der Waals surface area contributed by atoms with Crippen molar-refractivity contribution in [3.05, 3.63) is 75.5 Å². The van der Waals surface area contributed by atoms with Gasteiger partial charge in [-0.2, -0.15) is 0 Å². The molecule has 0 saturated carbocycles. The van der Waals surface area contributed by atoms with E-state index in [0.717, 1.165) is 0 Å². The van der Waals surface area contributed by atoms with Crippen molar-refractivity contribution in [1.29, 1.82) is 0 Å². The summed E-state index contributed by atoms with van der Waals surface area (Å²) in [6, 6.07) is 13.1. The predicted molar refractivity (Wildman–Crippen MR) is 98.3 cm³/mol. The number of nitrogens with zero attached hydrogens (tertiary/aromatic N) is 1. The van der Waals surface area contributed by atoms with Crippen molar-refractivity contribution >= 4 is 39.9 Å². The zero-order valence-corrected chi connectivity index (χ0v) is 14.2. The van der Waals surface area contributed by atoms with Crippen LogP contribution >= 0.6 is 11.6 Å². The van der Waals surface area contributed by atoms with Crippen molar-refractivity contribution in [2.75, 3.05) is 5.32 Å². The van der Waals surface area contributed by atoms with Crippen LogP contribution in [0.2, 0.25) is 5.02 Å². The van der Waals surface area contributed by atoms with Crippen LogP contribution in [0.3, 0.4) is 0 Å². The molecule has 0 aliphatic rings. The molecule has 3 rings (SSSR count). The van der Waals surface area contributed by atoms with Gasteiger partial charge in [-0.3, -0.25) is 14.4 Å². The van der Waals surface area contributed by atoms with Gasteiger partial charge in [-0.05, 0) is 49.4 Å². The lowest BCUT2D eigenvalue weighted by Gasteiger charge is -2.11. The summed E-state index contributed by atoms with van der Waals surface area (Å²) in [6.45, 7) is 1.54. The molecule has 0 aliphatic heterocycles. The quantitative estimate of drug-likeness (QED) is 0.729. The van der Waals surface area contributed by atoms with Crippen LogP contribution in [0.1, 0.15) is 17.3 Å². The van der Waals surface area contributed by atoms with Crippen molar-refractivity contribution in [1.82, 2.24) is 4.57 Å². The minimum atomic E-state index is -0.240. The fourth-order valence-electron chi connectivity index (χ4n) is 2.57. The fourth-order valence-corrected chi connectivity index (χ4v) is 2.74. The monoisotopic (exact) mass is 354 g/mol.